The van der Waals surface area contributed by atoms with Crippen molar-refractivity contribution in [2.75, 3.05) is 13.1 Å². The monoisotopic (exact) mass is 497 g/mol. The van der Waals surface area contributed by atoms with Gasteiger partial charge in [-0.1, -0.05) is 17.7 Å². The zero-order chi connectivity index (χ0) is 22.9. The zero-order valence-corrected chi connectivity index (χ0v) is 19.6. The number of nitrogens with zero attached hydrogens (tertiary/aromatic N) is 3. The summed E-state index contributed by atoms with van der Waals surface area (Å²) in [6.45, 7) is 0.0975. The van der Waals surface area contributed by atoms with Crippen LogP contribution in [-0.4, -0.2) is 65.8 Å². The van der Waals surface area contributed by atoms with Gasteiger partial charge in [0, 0.05) is 31.4 Å². The Morgan fingerprint density at radius 2 is 1.91 bits per heavy atom. The van der Waals surface area contributed by atoms with Crippen LogP contribution in [0, 0.1) is 0 Å². The fourth-order valence-electron chi connectivity index (χ4n) is 4.08. The smallest absolute Gasteiger partial charge is 0.259 e. The number of aromatic nitrogens is 1. The lowest BCUT2D eigenvalue weighted by molar-refractivity contribution is -0.128. The molecule has 3 heterocycles. The van der Waals surface area contributed by atoms with Gasteiger partial charge in [-0.3, -0.25) is 9.59 Å². The van der Waals surface area contributed by atoms with Crippen molar-refractivity contribution in [1.82, 2.24) is 19.5 Å². The molecule has 9 nitrogen and oxygen atoms in total. The first-order chi connectivity index (χ1) is 15.3. The van der Waals surface area contributed by atoms with Crippen molar-refractivity contribution in [2.24, 2.45) is 5.73 Å². The number of nitrogens with two attached hydrogens (primary N) is 1. The molecule has 0 aromatic carbocycles. The van der Waals surface area contributed by atoms with Gasteiger partial charge in [0.25, 0.3) is 21.8 Å². The van der Waals surface area contributed by atoms with E-state index in [-0.39, 0.29) is 40.1 Å². The molecule has 2 aromatic heterocycles. The van der Waals surface area contributed by atoms with Crippen molar-refractivity contribution < 1.29 is 18.0 Å². The third kappa shape index (κ3) is 4.67. The Morgan fingerprint density at radius 1 is 1.16 bits per heavy atom. The second-order valence-corrected chi connectivity index (χ2v) is 11.4. The van der Waals surface area contributed by atoms with E-state index in [0.717, 1.165) is 28.5 Å². The molecule has 0 bridgehead atoms. The number of nitrogens with one attached hydrogen (secondary N) is 1. The van der Waals surface area contributed by atoms with Gasteiger partial charge < -0.3 is 16.0 Å². The van der Waals surface area contributed by atoms with Gasteiger partial charge in [-0.15, -0.1) is 11.3 Å². The third-order valence-corrected chi connectivity index (χ3v) is 9.23. The summed E-state index contributed by atoms with van der Waals surface area (Å²) in [4.78, 5) is 31.7. The Kier molecular flexibility index (Phi) is 6.82. The number of hydrogen-bond acceptors (Lipinski definition) is 7. The SMILES string of the molecule is NC1CCC(NC(=O)C2N(C(=O)c3ccc(Cl)nc3)CCN2S(=O)(=O)c2cccs2)CC1. The molecule has 2 aliphatic rings. The Hall–Kier alpha value is -2.05. The Bertz CT molecular complexity index is 1070. The molecule has 1 saturated carbocycles. The van der Waals surface area contributed by atoms with Crippen molar-refractivity contribution in [3.63, 3.8) is 0 Å². The van der Waals surface area contributed by atoms with Crippen LogP contribution in [0.25, 0.3) is 0 Å². The van der Waals surface area contributed by atoms with Crippen molar-refractivity contribution in [2.45, 2.75) is 48.1 Å². The van der Waals surface area contributed by atoms with Crippen LogP contribution in [0.5, 0.6) is 0 Å². The maximum absolute atomic E-state index is 13.3. The van der Waals surface area contributed by atoms with Crippen LogP contribution in [0.2, 0.25) is 5.15 Å². The summed E-state index contributed by atoms with van der Waals surface area (Å²) in [5.41, 5.74) is 6.18. The van der Waals surface area contributed by atoms with E-state index in [9.17, 15) is 18.0 Å². The molecule has 4 rings (SSSR count). The topological polar surface area (TPSA) is 126 Å². The van der Waals surface area contributed by atoms with E-state index in [4.69, 9.17) is 17.3 Å². The van der Waals surface area contributed by atoms with Crippen molar-refractivity contribution in [3.05, 3.63) is 46.6 Å². The van der Waals surface area contributed by atoms with Crippen LogP contribution in [0.15, 0.2) is 40.1 Å². The number of pyridine rings is 1. The fourth-order valence-corrected chi connectivity index (χ4v) is 6.85. The number of halogens is 1. The predicted octanol–water partition coefficient (Wildman–Crippen LogP) is 1.66. The highest BCUT2D eigenvalue weighted by atomic mass is 35.5. The minimum atomic E-state index is -3.95. The van der Waals surface area contributed by atoms with Gasteiger partial charge >= 0.3 is 0 Å². The molecular formula is C20H24ClN5O4S2. The van der Waals surface area contributed by atoms with Gasteiger partial charge in [-0.05, 0) is 49.3 Å². The molecule has 1 atom stereocenters. The number of sulfonamides is 1. The molecule has 2 aromatic rings. The van der Waals surface area contributed by atoms with Crippen LogP contribution in [0.3, 0.4) is 0 Å². The molecule has 1 unspecified atom stereocenters. The summed E-state index contributed by atoms with van der Waals surface area (Å²) in [5, 5.41) is 4.84. The summed E-state index contributed by atoms with van der Waals surface area (Å²) in [6, 6.07) is 6.11. The Morgan fingerprint density at radius 3 is 2.53 bits per heavy atom. The highest BCUT2D eigenvalue weighted by Gasteiger charge is 2.47. The maximum Gasteiger partial charge on any atom is 0.259 e. The molecule has 2 fully saturated rings. The van der Waals surface area contributed by atoms with Crippen molar-refractivity contribution >= 4 is 44.8 Å². The fraction of sp³-hybridized carbons (Fsp3) is 0.450. The number of carbonyl (C=O) groups is 2. The lowest BCUT2D eigenvalue weighted by Gasteiger charge is -2.32. The minimum Gasteiger partial charge on any atom is -0.350 e. The van der Waals surface area contributed by atoms with E-state index in [0.29, 0.717) is 12.8 Å². The minimum absolute atomic E-state index is 0.0145. The molecule has 2 amide bonds. The maximum atomic E-state index is 13.3. The number of hydrogen-bond donors (Lipinski definition) is 2. The Labute approximate surface area is 195 Å². The first-order valence-corrected chi connectivity index (χ1v) is 13.0. The summed E-state index contributed by atoms with van der Waals surface area (Å²) in [6.07, 6.45) is 3.02. The van der Waals surface area contributed by atoms with E-state index >= 15 is 0 Å². The molecule has 1 aliphatic heterocycles. The quantitative estimate of drug-likeness (QED) is 0.605. The van der Waals surface area contributed by atoms with Gasteiger partial charge in [0.2, 0.25) is 0 Å². The molecule has 0 radical (unpaired) electrons. The van der Waals surface area contributed by atoms with Crippen LogP contribution >= 0.6 is 22.9 Å². The predicted molar refractivity (Wildman–Crippen MR) is 121 cm³/mol. The van der Waals surface area contributed by atoms with E-state index in [1.165, 1.54) is 29.3 Å². The second-order valence-electron chi connectivity index (χ2n) is 7.91. The van der Waals surface area contributed by atoms with Gasteiger partial charge in [0.15, 0.2) is 6.17 Å². The second kappa shape index (κ2) is 9.44. The lowest BCUT2D eigenvalue weighted by Crippen LogP contribution is -2.56. The van der Waals surface area contributed by atoms with Gasteiger partial charge in [0.05, 0.1) is 5.56 Å². The number of rotatable bonds is 5. The number of thiophene rings is 1. The zero-order valence-electron chi connectivity index (χ0n) is 17.2. The van der Waals surface area contributed by atoms with Crippen LogP contribution in [0.1, 0.15) is 36.0 Å². The average Bonchev–Trinajstić information content (AvgIpc) is 3.46. The largest absolute Gasteiger partial charge is 0.350 e. The molecule has 1 aliphatic carbocycles. The summed E-state index contributed by atoms with van der Waals surface area (Å²) >= 11 is 6.89. The molecular weight excluding hydrogens is 474 g/mol. The standard InChI is InChI=1S/C20H24ClN5O4S2/c21-16-8-3-13(12-23-16)20(28)25-9-10-26(32(29,30)17-2-1-11-31-17)19(25)18(27)24-15-6-4-14(22)5-7-15/h1-3,8,11-12,14-15,19H,4-7,9-10,22H2,(H,24,27). The first-order valence-electron chi connectivity index (χ1n) is 10.3. The van der Waals surface area contributed by atoms with Gasteiger partial charge in [-0.25, -0.2) is 13.4 Å². The first kappa shape index (κ1) is 23.1. The molecule has 32 heavy (non-hydrogen) atoms. The normalized spacial score (nSPS) is 24.4. The van der Waals surface area contributed by atoms with Crippen molar-refractivity contribution in [1.29, 1.82) is 0 Å². The third-order valence-electron chi connectivity index (χ3n) is 5.78. The van der Waals surface area contributed by atoms with E-state index in [2.05, 4.69) is 10.3 Å². The van der Waals surface area contributed by atoms with Crippen LogP contribution < -0.4 is 11.1 Å². The highest BCUT2D eigenvalue weighted by molar-refractivity contribution is 7.91. The van der Waals surface area contributed by atoms with Gasteiger partial charge in [0.1, 0.15) is 9.36 Å². The number of amides is 2. The highest BCUT2D eigenvalue weighted by Crippen LogP contribution is 2.29. The summed E-state index contributed by atoms with van der Waals surface area (Å²) in [5.74, 6) is -0.998. The van der Waals surface area contributed by atoms with Crippen LogP contribution in [-0.2, 0) is 14.8 Å². The van der Waals surface area contributed by atoms with E-state index < -0.39 is 28.0 Å². The Balaban J connectivity index is 1.62. The van der Waals surface area contributed by atoms with Crippen LogP contribution in [0.4, 0.5) is 0 Å². The lowest BCUT2D eigenvalue weighted by atomic mass is 9.92. The molecule has 1 saturated heterocycles. The van der Waals surface area contributed by atoms with Crippen molar-refractivity contribution in [3.8, 4) is 0 Å². The molecule has 0 spiro atoms. The van der Waals surface area contributed by atoms with E-state index in [1.807, 2.05) is 0 Å². The molecule has 172 valence electrons. The average molecular weight is 498 g/mol. The van der Waals surface area contributed by atoms with E-state index in [1.54, 1.807) is 11.4 Å². The molecule has 3 N–H and O–H groups in total. The summed E-state index contributed by atoms with van der Waals surface area (Å²) in [7, 11) is -3.95. The number of carbonyl (C=O) groups excluding carboxylic acids is 2. The van der Waals surface area contributed by atoms with Gasteiger partial charge in [-0.2, -0.15) is 4.31 Å². The summed E-state index contributed by atoms with van der Waals surface area (Å²) < 4.78 is 27.8. The molecule has 12 heteroatoms.